The molecule has 0 aliphatic rings. The molecule has 88 valence electrons. The fourth-order valence-corrected chi connectivity index (χ4v) is 1.46. The van der Waals surface area contributed by atoms with Gasteiger partial charge in [0.2, 0.25) is 5.56 Å². The van der Waals surface area contributed by atoms with Crippen LogP contribution >= 0.6 is 0 Å². The number of nitrogens with one attached hydrogen (secondary N) is 1. The molecule has 1 aromatic heterocycles. The SMILES string of the molecule is CCC(C)CN(C)C(=O)c1cccc(=O)[nH]1. The fraction of sp³-hybridized carbons (Fsp3) is 0.500. The molecule has 0 bridgehead atoms. The maximum Gasteiger partial charge on any atom is 0.270 e. The van der Waals surface area contributed by atoms with Crippen LogP contribution < -0.4 is 5.56 Å². The molecular formula is C12H18N2O2. The molecule has 0 aliphatic heterocycles. The Morgan fingerprint density at radius 2 is 2.19 bits per heavy atom. The van der Waals surface area contributed by atoms with E-state index in [2.05, 4.69) is 18.8 Å². The Morgan fingerprint density at radius 1 is 1.50 bits per heavy atom. The quantitative estimate of drug-likeness (QED) is 0.839. The van der Waals surface area contributed by atoms with Gasteiger partial charge in [0.1, 0.15) is 5.69 Å². The summed E-state index contributed by atoms with van der Waals surface area (Å²) in [5.41, 5.74) is 0.0982. The van der Waals surface area contributed by atoms with Crippen LogP contribution in [0.2, 0.25) is 0 Å². The van der Waals surface area contributed by atoms with E-state index in [-0.39, 0.29) is 11.5 Å². The molecule has 1 rings (SSSR count). The van der Waals surface area contributed by atoms with Crippen molar-refractivity contribution < 1.29 is 4.79 Å². The number of H-pyrrole nitrogens is 1. The first-order chi connectivity index (χ1) is 7.54. The first-order valence-electron chi connectivity index (χ1n) is 5.49. The van der Waals surface area contributed by atoms with Gasteiger partial charge in [0, 0.05) is 19.7 Å². The summed E-state index contributed by atoms with van der Waals surface area (Å²) in [4.78, 5) is 27.1. The number of hydrogen-bond acceptors (Lipinski definition) is 2. The zero-order valence-corrected chi connectivity index (χ0v) is 9.99. The Labute approximate surface area is 95.3 Å². The van der Waals surface area contributed by atoms with E-state index in [1.807, 2.05) is 0 Å². The van der Waals surface area contributed by atoms with Gasteiger partial charge in [-0.3, -0.25) is 9.59 Å². The van der Waals surface area contributed by atoms with Gasteiger partial charge in [0.05, 0.1) is 0 Å². The summed E-state index contributed by atoms with van der Waals surface area (Å²) < 4.78 is 0. The summed E-state index contributed by atoms with van der Waals surface area (Å²) in [6.07, 6.45) is 1.03. The average molecular weight is 222 g/mol. The maximum atomic E-state index is 11.9. The van der Waals surface area contributed by atoms with Crippen molar-refractivity contribution in [2.45, 2.75) is 20.3 Å². The summed E-state index contributed by atoms with van der Waals surface area (Å²) >= 11 is 0. The Hall–Kier alpha value is -1.58. The Morgan fingerprint density at radius 3 is 2.75 bits per heavy atom. The van der Waals surface area contributed by atoms with Crippen LogP contribution in [0.5, 0.6) is 0 Å². The topological polar surface area (TPSA) is 53.2 Å². The molecule has 1 unspecified atom stereocenters. The van der Waals surface area contributed by atoms with E-state index >= 15 is 0 Å². The number of rotatable bonds is 4. The van der Waals surface area contributed by atoms with Crippen molar-refractivity contribution in [3.8, 4) is 0 Å². The van der Waals surface area contributed by atoms with E-state index in [4.69, 9.17) is 0 Å². The summed E-state index contributed by atoms with van der Waals surface area (Å²) in [5.74, 6) is 0.322. The van der Waals surface area contributed by atoms with Crippen molar-refractivity contribution in [3.63, 3.8) is 0 Å². The van der Waals surface area contributed by atoms with Gasteiger partial charge in [-0.05, 0) is 12.0 Å². The summed E-state index contributed by atoms with van der Waals surface area (Å²) in [7, 11) is 1.75. The highest BCUT2D eigenvalue weighted by Gasteiger charge is 2.13. The maximum absolute atomic E-state index is 11.9. The summed E-state index contributed by atoms with van der Waals surface area (Å²) in [6, 6.07) is 4.60. The monoisotopic (exact) mass is 222 g/mol. The molecule has 0 aliphatic carbocycles. The number of nitrogens with zero attached hydrogens (tertiary/aromatic N) is 1. The van der Waals surface area contributed by atoms with Crippen LogP contribution in [0.3, 0.4) is 0 Å². The number of pyridine rings is 1. The zero-order valence-electron chi connectivity index (χ0n) is 9.99. The third-order valence-electron chi connectivity index (χ3n) is 2.63. The van der Waals surface area contributed by atoms with Gasteiger partial charge in [-0.15, -0.1) is 0 Å². The highest BCUT2D eigenvalue weighted by Crippen LogP contribution is 2.05. The number of carbonyl (C=O) groups is 1. The molecule has 0 radical (unpaired) electrons. The van der Waals surface area contributed by atoms with Crippen molar-refractivity contribution in [3.05, 3.63) is 34.2 Å². The molecular weight excluding hydrogens is 204 g/mol. The van der Waals surface area contributed by atoms with Gasteiger partial charge in [-0.25, -0.2) is 0 Å². The minimum absolute atomic E-state index is 0.141. The van der Waals surface area contributed by atoms with Crippen LogP contribution in [0.15, 0.2) is 23.0 Å². The first-order valence-corrected chi connectivity index (χ1v) is 5.49. The van der Waals surface area contributed by atoms with Crippen molar-refractivity contribution in [1.82, 2.24) is 9.88 Å². The van der Waals surface area contributed by atoms with Crippen LogP contribution in [0, 0.1) is 5.92 Å². The molecule has 0 saturated heterocycles. The minimum Gasteiger partial charge on any atom is -0.340 e. The lowest BCUT2D eigenvalue weighted by Gasteiger charge is -2.20. The second-order valence-electron chi connectivity index (χ2n) is 4.13. The molecule has 4 nitrogen and oxygen atoms in total. The smallest absolute Gasteiger partial charge is 0.270 e. The Kier molecular flexibility index (Phi) is 4.28. The van der Waals surface area contributed by atoms with Gasteiger partial charge in [0.25, 0.3) is 5.91 Å². The second-order valence-corrected chi connectivity index (χ2v) is 4.13. The normalized spacial score (nSPS) is 12.2. The van der Waals surface area contributed by atoms with Crippen molar-refractivity contribution in [2.75, 3.05) is 13.6 Å². The predicted octanol–water partition coefficient (Wildman–Crippen LogP) is 1.49. The van der Waals surface area contributed by atoms with Gasteiger partial charge in [-0.2, -0.15) is 0 Å². The molecule has 4 heteroatoms. The molecule has 0 aromatic carbocycles. The second kappa shape index (κ2) is 5.49. The molecule has 1 amide bonds. The largest absolute Gasteiger partial charge is 0.340 e. The van der Waals surface area contributed by atoms with Crippen LogP contribution in [0.4, 0.5) is 0 Å². The van der Waals surface area contributed by atoms with Crippen molar-refractivity contribution >= 4 is 5.91 Å². The van der Waals surface area contributed by atoms with E-state index in [1.165, 1.54) is 6.07 Å². The highest BCUT2D eigenvalue weighted by molar-refractivity contribution is 5.91. The molecule has 0 spiro atoms. The lowest BCUT2D eigenvalue weighted by molar-refractivity contribution is 0.0769. The van der Waals surface area contributed by atoms with Crippen LogP contribution in [0.25, 0.3) is 0 Å². The van der Waals surface area contributed by atoms with Crippen molar-refractivity contribution in [1.29, 1.82) is 0 Å². The van der Waals surface area contributed by atoms with E-state index in [1.54, 1.807) is 24.1 Å². The predicted molar refractivity (Wildman–Crippen MR) is 63.5 cm³/mol. The van der Waals surface area contributed by atoms with E-state index in [0.717, 1.165) is 6.42 Å². The minimum atomic E-state index is -0.247. The lowest BCUT2D eigenvalue weighted by Crippen LogP contribution is -2.32. The van der Waals surface area contributed by atoms with Crippen LogP contribution in [-0.4, -0.2) is 29.4 Å². The van der Waals surface area contributed by atoms with Gasteiger partial charge in [0.15, 0.2) is 0 Å². The Balaban J connectivity index is 2.74. The number of amides is 1. The Bertz CT molecular complexity index is 411. The molecule has 1 N–H and O–H groups in total. The van der Waals surface area contributed by atoms with E-state index < -0.39 is 0 Å². The molecule has 16 heavy (non-hydrogen) atoms. The molecule has 1 aromatic rings. The molecule has 1 atom stereocenters. The molecule has 1 heterocycles. The van der Waals surface area contributed by atoms with Gasteiger partial charge < -0.3 is 9.88 Å². The third-order valence-corrected chi connectivity index (χ3v) is 2.63. The van der Waals surface area contributed by atoms with Gasteiger partial charge >= 0.3 is 0 Å². The number of aromatic nitrogens is 1. The molecule has 0 saturated carbocycles. The van der Waals surface area contributed by atoms with Gasteiger partial charge in [-0.1, -0.05) is 26.3 Å². The number of carbonyl (C=O) groups excluding carboxylic acids is 1. The third kappa shape index (κ3) is 3.22. The molecule has 0 fully saturated rings. The summed E-state index contributed by atoms with van der Waals surface area (Å²) in [6.45, 7) is 4.89. The fourth-order valence-electron chi connectivity index (χ4n) is 1.46. The van der Waals surface area contributed by atoms with E-state index in [9.17, 15) is 9.59 Å². The van der Waals surface area contributed by atoms with Crippen molar-refractivity contribution in [2.24, 2.45) is 5.92 Å². The van der Waals surface area contributed by atoms with E-state index in [0.29, 0.717) is 18.2 Å². The average Bonchev–Trinajstić information content (AvgIpc) is 2.27. The van der Waals surface area contributed by atoms with Crippen LogP contribution in [0.1, 0.15) is 30.8 Å². The van der Waals surface area contributed by atoms with Crippen LogP contribution in [-0.2, 0) is 0 Å². The zero-order chi connectivity index (χ0) is 12.1. The lowest BCUT2D eigenvalue weighted by atomic mass is 10.1. The number of hydrogen-bond donors (Lipinski definition) is 1. The highest BCUT2D eigenvalue weighted by atomic mass is 16.2. The standard InChI is InChI=1S/C12H18N2O2/c1-4-9(2)8-14(3)12(16)10-6-5-7-11(15)13-10/h5-7,9H,4,8H2,1-3H3,(H,13,15). The summed E-state index contributed by atoms with van der Waals surface area (Å²) in [5, 5.41) is 0. The first kappa shape index (κ1) is 12.5. The number of aromatic amines is 1.